The molecule has 0 aromatic carbocycles. The molecule has 7 atom stereocenters. The van der Waals surface area contributed by atoms with Crippen LogP contribution in [0.4, 0.5) is 0 Å². The van der Waals surface area contributed by atoms with Gasteiger partial charge in [0.1, 0.15) is 11.2 Å². The number of esters is 1. The molecule has 2 fully saturated rings. The minimum absolute atomic E-state index is 0.0700. The Labute approximate surface area is 205 Å². The number of epoxide rings is 1. The molecule has 4 aliphatic carbocycles. The van der Waals surface area contributed by atoms with E-state index in [1.165, 1.54) is 49.3 Å². The molecular formula is C29H44O5. The highest BCUT2D eigenvalue weighted by atomic mass is 16.6. The number of carbonyl (C=O) groups is 1. The van der Waals surface area contributed by atoms with Crippen molar-refractivity contribution in [3.63, 3.8) is 0 Å². The monoisotopic (exact) mass is 472 g/mol. The molecule has 0 radical (unpaired) electrons. The van der Waals surface area contributed by atoms with E-state index in [9.17, 15) is 15.0 Å². The number of aliphatic hydroxyl groups is 2. The minimum Gasteiger partial charge on any atom is -0.454 e. The third-order valence-electron chi connectivity index (χ3n) is 10.5. The Hall–Kier alpha value is -1.17. The molecule has 1 aliphatic heterocycles. The SMILES string of the molecule is CC(=O)O[C@]12C[C@H](O)C3=C(CCC4CCCC[C@]34C)C1=CCC2[C@H](C)CCC1(C(C)(C)O)CO1. The summed E-state index contributed by atoms with van der Waals surface area (Å²) in [5, 5.41) is 22.3. The van der Waals surface area contributed by atoms with Crippen molar-refractivity contribution >= 4 is 5.97 Å². The van der Waals surface area contributed by atoms with Crippen molar-refractivity contribution in [3.05, 3.63) is 22.8 Å². The Bertz CT molecular complexity index is 906. The van der Waals surface area contributed by atoms with Gasteiger partial charge in [0.15, 0.2) is 0 Å². The number of aliphatic hydroxyl groups excluding tert-OH is 1. The quantitative estimate of drug-likeness (QED) is 0.408. The molecule has 0 aromatic heterocycles. The van der Waals surface area contributed by atoms with Crippen LogP contribution in [0.3, 0.4) is 0 Å². The Morgan fingerprint density at radius 3 is 2.71 bits per heavy atom. The van der Waals surface area contributed by atoms with Crippen molar-refractivity contribution in [3.8, 4) is 0 Å². The maximum atomic E-state index is 12.4. The first-order valence-corrected chi connectivity index (χ1v) is 13.6. The summed E-state index contributed by atoms with van der Waals surface area (Å²) in [6.45, 7) is 10.4. The number of ether oxygens (including phenoxy) is 2. The first-order chi connectivity index (χ1) is 15.9. The zero-order valence-electron chi connectivity index (χ0n) is 21.8. The van der Waals surface area contributed by atoms with Crippen LogP contribution >= 0.6 is 0 Å². The van der Waals surface area contributed by atoms with Gasteiger partial charge in [0.2, 0.25) is 0 Å². The molecule has 34 heavy (non-hydrogen) atoms. The normalized spacial score (nSPS) is 42.3. The molecule has 1 saturated carbocycles. The van der Waals surface area contributed by atoms with Gasteiger partial charge in [-0.1, -0.05) is 32.8 Å². The van der Waals surface area contributed by atoms with Gasteiger partial charge in [0.05, 0.1) is 18.3 Å². The van der Waals surface area contributed by atoms with Gasteiger partial charge >= 0.3 is 5.97 Å². The van der Waals surface area contributed by atoms with Crippen LogP contribution in [0.25, 0.3) is 0 Å². The molecule has 0 spiro atoms. The lowest BCUT2D eigenvalue weighted by molar-refractivity contribution is -0.163. The van der Waals surface area contributed by atoms with Gasteiger partial charge in [-0.2, -0.15) is 0 Å². The maximum Gasteiger partial charge on any atom is 0.303 e. The molecule has 5 aliphatic rings. The van der Waals surface area contributed by atoms with Crippen molar-refractivity contribution in [2.75, 3.05) is 6.61 Å². The van der Waals surface area contributed by atoms with Crippen molar-refractivity contribution < 1.29 is 24.5 Å². The molecule has 1 heterocycles. The molecule has 190 valence electrons. The standard InChI is InChI=1S/C29H44O5/c1-18(13-15-28(17-33-28)26(3,4)32)22-11-12-23-21-10-9-20-8-6-7-14-27(20,5)25(21)24(31)16-29(22,23)34-19(2)30/h12,18,20,22,24,31-32H,6-11,13-17H2,1-5H3/t18-,20?,22?,24+,27+,28?,29+/m1/s1. The molecule has 3 unspecified atom stereocenters. The molecule has 0 bridgehead atoms. The smallest absolute Gasteiger partial charge is 0.303 e. The highest BCUT2D eigenvalue weighted by Gasteiger charge is 2.60. The third kappa shape index (κ3) is 3.64. The first-order valence-electron chi connectivity index (χ1n) is 13.6. The average molecular weight is 473 g/mol. The summed E-state index contributed by atoms with van der Waals surface area (Å²) in [5.41, 5.74) is 1.76. The van der Waals surface area contributed by atoms with E-state index >= 15 is 0 Å². The molecule has 0 amide bonds. The molecule has 1 saturated heterocycles. The van der Waals surface area contributed by atoms with Crippen molar-refractivity contribution in [2.24, 2.45) is 23.2 Å². The van der Waals surface area contributed by atoms with Gasteiger partial charge in [-0.25, -0.2) is 0 Å². The van der Waals surface area contributed by atoms with Gasteiger partial charge < -0.3 is 19.7 Å². The van der Waals surface area contributed by atoms with Gasteiger partial charge in [-0.3, -0.25) is 4.79 Å². The Balaban J connectivity index is 1.46. The van der Waals surface area contributed by atoms with E-state index in [2.05, 4.69) is 19.9 Å². The molecular weight excluding hydrogens is 428 g/mol. The predicted octanol–water partition coefficient (Wildman–Crippen LogP) is 5.24. The predicted molar refractivity (Wildman–Crippen MR) is 131 cm³/mol. The van der Waals surface area contributed by atoms with Crippen molar-refractivity contribution in [1.29, 1.82) is 0 Å². The fourth-order valence-electron chi connectivity index (χ4n) is 8.39. The average Bonchev–Trinajstić information content (AvgIpc) is 3.46. The Morgan fingerprint density at radius 1 is 1.32 bits per heavy atom. The maximum absolute atomic E-state index is 12.4. The fourth-order valence-corrected chi connectivity index (χ4v) is 8.39. The largest absolute Gasteiger partial charge is 0.454 e. The Morgan fingerprint density at radius 2 is 2.06 bits per heavy atom. The molecule has 5 nitrogen and oxygen atoms in total. The highest BCUT2D eigenvalue weighted by molar-refractivity contribution is 5.68. The zero-order chi connectivity index (χ0) is 24.5. The second-order valence-electron chi connectivity index (χ2n) is 12.8. The van der Waals surface area contributed by atoms with Crippen molar-refractivity contribution in [2.45, 2.75) is 122 Å². The van der Waals surface area contributed by atoms with E-state index in [0.29, 0.717) is 18.9 Å². The van der Waals surface area contributed by atoms with Gasteiger partial charge in [0, 0.05) is 19.3 Å². The third-order valence-corrected chi connectivity index (χ3v) is 10.5. The lowest BCUT2D eigenvalue weighted by Gasteiger charge is -2.54. The summed E-state index contributed by atoms with van der Waals surface area (Å²) in [5.74, 6) is 0.790. The van der Waals surface area contributed by atoms with Crippen LogP contribution in [0.1, 0.15) is 98.8 Å². The molecule has 5 rings (SSSR count). The van der Waals surface area contributed by atoms with Crippen LogP contribution in [0, 0.1) is 23.2 Å². The van der Waals surface area contributed by atoms with E-state index in [1.807, 2.05) is 13.8 Å². The number of carbonyl (C=O) groups excluding carboxylic acids is 1. The number of allylic oxidation sites excluding steroid dienone is 1. The topological polar surface area (TPSA) is 79.3 Å². The summed E-state index contributed by atoms with van der Waals surface area (Å²) < 4.78 is 12.0. The van der Waals surface area contributed by atoms with E-state index in [-0.39, 0.29) is 23.2 Å². The molecule has 2 N–H and O–H groups in total. The molecule has 5 heteroatoms. The summed E-state index contributed by atoms with van der Waals surface area (Å²) >= 11 is 0. The van der Waals surface area contributed by atoms with Gasteiger partial charge in [-0.15, -0.1) is 0 Å². The Kier molecular flexibility index (Phi) is 5.90. The summed E-state index contributed by atoms with van der Waals surface area (Å²) in [7, 11) is 0. The number of hydrogen-bond acceptors (Lipinski definition) is 5. The van der Waals surface area contributed by atoms with Gasteiger partial charge in [0.25, 0.3) is 0 Å². The zero-order valence-corrected chi connectivity index (χ0v) is 21.8. The number of hydrogen-bond donors (Lipinski definition) is 2. The van der Waals surface area contributed by atoms with Crippen LogP contribution in [0.15, 0.2) is 22.8 Å². The van der Waals surface area contributed by atoms with E-state index in [4.69, 9.17) is 9.47 Å². The van der Waals surface area contributed by atoms with Crippen LogP contribution in [-0.4, -0.2) is 45.7 Å². The van der Waals surface area contributed by atoms with Crippen molar-refractivity contribution in [1.82, 2.24) is 0 Å². The van der Waals surface area contributed by atoms with E-state index < -0.39 is 22.9 Å². The van der Waals surface area contributed by atoms with E-state index in [0.717, 1.165) is 32.1 Å². The lowest BCUT2D eigenvalue weighted by Crippen LogP contribution is -2.53. The van der Waals surface area contributed by atoms with Crippen LogP contribution in [0.2, 0.25) is 0 Å². The van der Waals surface area contributed by atoms with Crippen LogP contribution in [-0.2, 0) is 14.3 Å². The van der Waals surface area contributed by atoms with Crippen LogP contribution < -0.4 is 0 Å². The molecule has 0 aromatic rings. The minimum atomic E-state index is -0.867. The summed E-state index contributed by atoms with van der Waals surface area (Å²) in [6.07, 6.45) is 11.9. The first kappa shape index (κ1) is 24.5. The summed E-state index contributed by atoms with van der Waals surface area (Å²) in [6, 6.07) is 0. The highest BCUT2D eigenvalue weighted by Crippen LogP contribution is 2.62. The lowest BCUT2D eigenvalue weighted by atomic mass is 9.53. The van der Waals surface area contributed by atoms with E-state index in [1.54, 1.807) is 0 Å². The van der Waals surface area contributed by atoms with Gasteiger partial charge in [-0.05, 0) is 92.8 Å². The number of rotatable bonds is 6. The fraction of sp³-hybridized carbons (Fsp3) is 0.828. The van der Waals surface area contributed by atoms with Crippen LogP contribution in [0.5, 0.6) is 0 Å². The number of fused-ring (bicyclic) bond motifs is 4. The second kappa shape index (κ2) is 8.18. The summed E-state index contributed by atoms with van der Waals surface area (Å²) in [4.78, 5) is 12.4. The second-order valence-corrected chi connectivity index (χ2v) is 12.8.